The van der Waals surface area contributed by atoms with Crippen LogP contribution >= 0.6 is 0 Å². The molecule has 26 heavy (non-hydrogen) atoms. The molecular formula is C21H25NO4. The molecule has 0 amide bonds. The highest BCUT2D eigenvalue weighted by Crippen LogP contribution is 2.16. The third-order valence-corrected chi connectivity index (χ3v) is 4.15. The summed E-state index contributed by atoms with van der Waals surface area (Å²) in [7, 11) is 2.66. The van der Waals surface area contributed by atoms with Crippen LogP contribution in [0.1, 0.15) is 17.5 Å². The van der Waals surface area contributed by atoms with Crippen LogP contribution in [0.3, 0.4) is 0 Å². The van der Waals surface area contributed by atoms with E-state index < -0.39 is 17.9 Å². The number of ether oxygens (including phenoxy) is 2. The number of methoxy groups -OCH3 is 2. The van der Waals surface area contributed by atoms with Gasteiger partial charge in [0.05, 0.1) is 26.6 Å². The first-order valence-corrected chi connectivity index (χ1v) is 8.57. The molecule has 0 bridgehead atoms. The number of hydrogen-bond acceptors (Lipinski definition) is 5. The van der Waals surface area contributed by atoms with Gasteiger partial charge < -0.3 is 9.47 Å². The Bertz CT molecular complexity index is 646. The smallest absolute Gasteiger partial charge is 0.310 e. The summed E-state index contributed by atoms with van der Waals surface area (Å²) in [5.41, 5.74) is 2.29. The molecule has 0 saturated carbocycles. The number of hydrogen-bond donors (Lipinski definition) is 0. The molecule has 0 aliphatic carbocycles. The van der Waals surface area contributed by atoms with E-state index in [1.807, 2.05) is 60.7 Å². The van der Waals surface area contributed by atoms with Gasteiger partial charge in [0.25, 0.3) is 0 Å². The van der Waals surface area contributed by atoms with Gasteiger partial charge >= 0.3 is 11.9 Å². The van der Waals surface area contributed by atoms with Crippen molar-refractivity contribution in [2.45, 2.75) is 19.5 Å². The minimum Gasteiger partial charge on any atom is -0.469 e. The van der Waals surface area contributed by atoms with Crippen LogP contribution in [0.15, 0.2) is 60.7 Å². The van der Waals surface area contributed by atoms with Gasteiger partial charge in [0.2, 0.25) is 0 Å². The van der Waals surface area contributed by atoms with Crippen molar-refractivity contribution >= 4 is 11.9 Å². The van der Waals surface area contributed by atoms with Crippen molar-refractivity contribution in [3.05, 3.63) is 71.8 Å². The van der Waals surface area contributed by atoms with E-state index in [4.69, 9.17) is 9.47 Å². The molecule has 2 aromatic rings. The van der Waals surface area contributed by atoms with Crippen molar-refractivity contribution in [1.82, 2.24) is 4.90 Å². The Hall–Kier alpha value is -2.66. The molecule has 0 aliphatic rings. The Kier molecular flexibility index (Phi) is 7.83. The third-order valence-electron chi connectivity index (χ3n) is 4.15. The Balaban J connectivity index is 2.16. The highest BCUT2D eigenvalue weighted by atomic mass is 16.5. The molecule has 2 aromatic carbocycles. The summed E-state index contributed by atoms with van der Waals surface area (Å²) in [6.07, 6.45) is 0.00323. The first-order valence-electron chi connectivity index (χ1n) is 8.57. The number of nitrogens with zero attached hydrogens (tertiary/aromatic N) is 1. The summed E-state index contributed by atoms with van der Waals surface area (Å²) < 4.78 is 9.61. The van der Waals surface area contributed by atoms with E-state index in [1.165, 1.54) is 14.2 Å². The zero-order chi connectivity index (χ0) is 18.8. The Labute approximate surface area is 154 Å². The van der Waals surface area contributed by atoms with Gasteiger partial charge in [-0.2, -0.15) is 0 Å². The van der Waals surface area contributed by atoms with Crippen molar-refractivity contribution in [2.75, 3.05) is 20.8 Å². The van der Waals surface area contributed by atoms with E-state index in [-0.39, 0.29) is 6.42 Å². The summed E-state index contributed by atoms with van der Waals surface area (Å²) in [5, 5.41) is 0. The largest absolute Gasteiger partial charge is 0.469 e. The number of benzene rings is 2. The Morgan fingerprint density at radius 2 is 1.35 bits per heavy atom. The summed E-state index contributed by atoms with van der Waals surface area (Å²) >= 11 is 0. The SMILES string of the molecule is COC(=O)CC(CN(Cc1ccccc1)Cc1ccccc1)C(=O)OC. The van der Waals surface area contributed by atoms with Crippen molar-refractivity contribution < 1.29 is 19.1 Å². The molecule has 0 saturated heterocycles. The van der Waals surface area contributed by atoms with Gasteiger partial charge in [-0.3, -0.25) is 14.5 Å². The molecule has 5 nitrogen and oxygen atoms in total. The van der Waals surface area contributed by atoms with E-state index in [0.29, 0.717) is 19.6 Å². The molecule has 1 unspecified atom stereocenters. The third kappa shape index (κ3) is 6.33. The fraction of sp³-hybridized carbons (Fsp3) is 0.333. The fourth-order valence-electron chi connectivity index (χ4n) is 2.85. The molecule has 138 valence electrons. The van der Waals surface area contributed by atoms with Crippen molar-refractivity contribution in [3.63, 3.8) is 0 Å². The van der Waals surface area contributed by atoms with E-state index in [0.717, 1.165) is 11.1 Å². The lowest BCUT2D eigenvalue weighted by Crippen LogP contribution is -2.34. The summed E-state index contributed by atoms with van der Waals surface area (Å²) in [6, 6.07) is 20.1. The van der Waals surface area contributed by atoms with Crippen LogP contribution in [0.25, 0.3) is 0 Å². The molecule has 0 aromatic heterocycles. The van der Waals surface area contributed by atoms with Gasteiger partial charge in [-0.1, -0.05) is 60.7 Å². The average molecular weight is 355 g/mol. The Morgan fingerprint density at radius 3 is 1.77 bits per heavy atom. The molecule has 2 rings (SSSR count). The van der Waals surface area contributed by atoms with E-state index in [1.54, 1.807) is 0 Å². The monoisotopic (exact) mass is 355 g/mol. The van der Waals surface area contributed by atoms with E-state index >= 15 is 0 Å². The summed E-state index contributed by atoms with van der Waals surface area (Å²) in [5.74, 6) is -1.39. The molecule has 1 atom stereocenters. The van der Waals surface area contributed by atoms with Crippen LogP contribution in [0.5, 0.6) is 0 Å². The first-order chi connectivity index (χ1) is 12.6. The normalized spacial score (nSPS) is 11.8. The maximum atomic E-state index is 12.1. The molecule has 5 heteroatoms. The summed E-state index contributed by atoms with van der Waals surface area (Å²) in [6.45, 7) is 1.75. The quantitative estimate of drug-likeness (QED) is 0.647. The van der Waals surface area contributed by atoms with Crippen LogP contribution in [0.4, 0.5) is 0 Å². The fourth-order valence-corrected chi connectivity index (χ4v) is 2.85. The molecule has 0 heterocycles. The highest BCUT2D eigenvalue weighted by Gasteiger charge is 2.26. The number of rotatable bonds is 9. The molecule has 0 N–H and O–H groups in total. The van der Waals surface area contributed by atoms with Crippen molar-refractivity contribution in [3.8, 4) is 0 Å². The van der Waals surface area contributed by atoms with Gasteiger partial charge in [-0.25, -0.2) is 0 Å². The van der Waals surface area contributed by atoms with Gasteiger partial charge in [-0.15, -0.1) is 0 Å². The average Bonchev–Trinajstić information content (AvgIpc) is 2.68. The first kappa shape index (κ1) is 19.7. The summed E-state index contributed by atoms with van der Waals surface area (Å²) in [4.78, 5) is 26.0. The lowest BCUT2D eigenvalue weighted by Gasteiger charge is -2.26. The maximum Gasteiger partial charge on any atom is 0.310 e. The number of esters is 2. The standard InChI is InChI=1S/C21H25NO4/c1-25-20(23)13-19(21(24)26-2)16-22(14-17-9-5-3-6-10-17)15-18-11-7-4-8-12-18/h3-12,19H,13-16H2,1-2H3. The lowest BCUT2D eigenvalue weighted by molar-refractivity contribution is -0.152. The maximum absolute atomic E-state index is 12.1. The second-order valence-electron chi connectivity index (χ2n) is 6.14. The van der Waals surface area contributed by atoms with E-state index in [2.05, 4.69) is 4.90 Å². The minimum absolute atomic E-state index is 0.00323. The van der Waals surface area contributed by atoms with Gasteiger partial charge in [-0.05, 0) is 11.1 Å². The molecule has 0 fully saturated rings. The van der Waals surface area contributed by atoms with Crippen molar-refractivity contribution in [1.29, 1.82) is 0 Å². The van der Waals surface area contributed by atoms with Crippen LogP contribution in [0, 0.1) is 5.92 Å². The Morgan fingerprint density at radius 1 is 0.846 bits per heavy atom. The van der Waals surface area contributed by atoms with Crippen LogP contribution in [-0.4, -0.2) is 37.6 Å². The topological polar surface area (TPSA) is 55.8 Å². The van der Waals surface area contributed by atoms with Crippen LogP contribution < -0.4 is 0 Å². The number of carbonyl (C=O) groups is 2. The van der Waals surface area contributed by atoms with Crippen LogP contribution in [-0.2, 0) is 32.2 Å². The molecule has 0 radical (unpaired) electrons. The molecular weight excluding hydrogens is 330 g/mol. The molecule has 0 aliphatic heterocycles. The van der Waals surface area contributed by atoms with Gasteiger partial charge in [0.15, 0.2) is 0 Å². The second-order valence-corrected chi connectivity index (χ2v) is 6.14. The van der Waals surface area contributed by atoms with Crippen molar-refractivity contribution in [2.24, 2.45) is 5.92 Å². The minimum atomic E-state index is -0.570. The zero-order valence-corrected chi connectivity index (χ0v) is 15.3. The van der Waals surface area contributed by atoms with Crippen LogP contribution in [0.2, 0.25) is 0 Å². The van der Waals surface area contributed by atoms with E-state index in [9.17, 15) is 9.59 Å². The predicted octanol–water partition coefficient (Wildman–Crippen LogP) is 3.04. The number of carbonyl (C=O) groups excluding carboxylic acids is 2. The predicted molar refractivity (Wildman–Crippen MR) is 99.1 cm³/mol. The highest BCUT2D eigenvalue weighted by molar-refractivity contribution is 5.80. The zero-order valence-electron chi connectivity index (χ0n) is 15.3. The van der Waals surface area contributed by atoms with Gasteiger partial charge in [0, 0.05) is 19.6 Å². The molecule has 0 spiro atoms. The van der Waals surface area contributed by atoms with Gasteiger partial charge in [0.1, 0.15) is 0 Å². The lowest BCUT2D eigenvalue weighted by atomic mass is 10.0. The second kappa shape index (κ2) is 10.4.